The molecule has 0 bridgehead atoms. The number of aliphatic hydroxyl groups excluding tert-OH is 1. The number of aliphatic carboxylic acids is 1. The van der Waals surface area contributed by atoms with Crippen molar-refractivity contribution in [3.05, 3.63) is 47.7 Å². The monoisotopic (exact) mass is 206 g/mol. The summed E-state index contributed by atoms with van der Waals surface area (Å²) in [7, 11) is 0. The number of rotatable bonds is 3. The molecular formula is C11H10O4. The number of phenols is 1. The molecule has 15 heavy (non-hydrogen) atoms. The van der Waals surface area contributed by atoms with E-state index in [1.807, 2.05) is 0 Å². The Hall–Kier alpha value is -2.23. The lowest BCUT2D eigenvalue weighted by Gasteiger charge is -2.00. The number of aromatic hydroxyl groups is 1. The van der Waals surface area contributed by atoms with Crippen LogP contribution in [0.15, 0.2) is 42.2 Å². The zero-order valence-corrected chi connectivity index (χ0v) is 7.84. The predicted octanol–water partition coefficient (Wildman–Crippen LogP) is 1.93. The number of carboxylic acids is 1. The zero-order valence-electron chi connectivity index (χ0n) is 7.84. The minimum absolute atomic E-state index is 0.0897. The Morgan fingerprint density at radius 2 is 1.73 bits per heavy atom. The molecular weight excluding hydrogens is 196 g/mol. The van der Waals surface area contributed by atoms with Crippen molar-refractivity contribution in [2.75, 3.05) is 0 Å². The van der Waals surface area contributed by atoms with Crippen LogP contribution in [0.1, 0.15) is 5.56 Å². The van der Waals surface area contributed by atoms with E-state index in [1.165, 1.54) is 30.3 Å². The molecule has 4 nitrogen and oxygen atoms in total. The van der Waals surface area contributed by atoms with Gasteiger partial charge in [-0.15, -0.1) is 0 Å². The lowest BCUT2D eigenvalue weighted by atomic mass is 10.1. The van der Waals surface area contributed by atoms with E-state index >= 15 is 0 Å². The summed E-state index contributed by atoms with van der Waals surface area (Å²) in [6.07, 6.45) is 1.27. The summed E-state index contributed by atoms with van der Waals surface area (Å²) >= 11 is 0. The second-order valence-corrected chi connectivity index (χ2v) is 2.90. The predicted molar refractivity (Wildman–Crippen MR) is 55.5 cm³/mol. The minimum Gasteiger partial charge on any atom is -0.508 e. The second kappa shape index (κ2) is 4.32. The Morgan fingerprint density at radius 3 is 2.13 bits per heavy atom. The molecule has 4 heteroatoms. The van der Waals surface area contributed by atoms with Crippen LogP contribution in [-0.2, 0) is 4.79 Å². The summed E-state index contributed by atoms with van der Waals surface area (Å²) < 4.78 is 0. The van der Waals surface area contributed by atoms with Gasteiger partial charge in [0.1, 0.15) is 17.1 Å². The van der Waals surface area contributed by atoms with Crippen molar-refractivity contribution in [2.45, 2.75) is 0 Å². The first-order chi connectivity index (χ1) is 7.00. The minimum atomic E-state index is -1.25. The van der Waals surface area contributed by atoms with Crippen LogP contribution in [0.2, 0.25) is 0 Å². The average Bonchev–Trinajstić information content (AvgIpc) is 2.15. The number of aliphatic hydroxyl groups is 1. The maximum absolute atomic E-state index is 10.7. The molecule has 3 N–H and O–H groups in total. The molecule has 1 aromatic carbocycles. The Balaban J connectivity index is 3.08. The molecule has 1 rings (SSSR count). The Labute approximate surface area is 86.4 Å². The molecule has 1 aromatic rings. The SMILES string of the molecule is C=C(O)/C(=C/c1ccc(O)cc1)C(=O)O. The molecule has 0 atom stereocenters. The highest BCUT2D eigenvalue weighted by Gasteiger charge is 2.09. The Bertz CT molecular complexity index is 399. The van der Waals surface area contributed by atoms with E-state index < -0.39 is 11.7 Å². The standard InChI is InChI=1S/C11H10O4/c1-7(12)10(11(14)15)6-8-2-4-9(13)5-3-8/h2-6,12-13H,1H2,(H,14,15)/b10-6-. The van der Waals surface area contributed by atoms with Gasteiger partial charge in [-0.1, -0.05) is 18.7 Å². The quantitative estimate of drug-likeness (QED) is 0.401. The lowest BCUT2D eigenvalue weighted by molar-refractivity contribution is -0.132. The third kappa shape index (κ3) is 2.87. The van der Waals surface area contributed by atoms with Crippen molar-refractivity contribution in [3.8, 4) is 5.75 Å². The van der Waals surface area contributed by atoms with Crippen molar-refractivity contribution in [1.29, 1.82) is 0 Å². The van der Waals surface area contributed by atoms with Crippen LogP contribution < -0.4 is 0 Å². The van der Waals surface area contributed by atoms with E-state index in [4.69, 9.17) is 15.3 Å². The van der Waals surface area contributed by atoms with Crippen molar-refractivity contribution in [2.24, 2.45) is 0 Å². The second-order valence-electron chi connectivity index (χ2n) is 2.90. The van der Waals surface area contributed by atoms with Crippen molar-refractivity contribution in [1.82, 2.24) is 0 Å². The molecule has 0 aromatic heterocycles. The highest BCUT2D eigenvalue weighted by molar-refractivity contribution is 5.96. The third-order valence-corrected chi connectivity index (χ3v) is 1.75. The molecule has 0 radical (unpaired) electrons. The van der Waals surface area contributed by atoms with Crippen LogP contribution in [-0.4, -0.2) is 21.3 Å². The molecule has 0 amide bonds. The van der Waals surface area contributed by atoms with E-state index in [-0.39, 0.29) is 11.3 Å². The summed E-state index contributed by atoms with van der Waals surface area (Å²) in [6, 6.07) is 5.90. The van der Waals surface area contributed by atoms with Gasteiger partial charge in [0.15, 0.2) is 0 Å². The summed E-state index contributed by atoms with van der Waals surface area (Å²) in [4.78, 5) is 10.7. The van der Waals surface area contributed by atoms with Gasteiger partial charge >= 0.3 is 5.97 Å². The molecule has 0 fully saturated rings. The van der Waals surface area contributed by atoms with Gasteiger partial charge in [0.25, 0.3) is 0 Å². The number of hydrogen-bond acceptors (Lipinski definition) is 3. The van der Waals surface area contributed by atoms with Gasteiger partial charge in [-0.3, -0.25) is 0 Å². The maximum atomic E-state index is 10.7. The summed E-state index contributed by atoms with van der Waals surface area (Å²) in [5.74, 6) is -1.67. The van der Waals surface area contributed by atoms with E-state index in [2.05, 4.69) is 6.58 Å². The van der Waals surface area contributed by atoms with Gasteiger partial charge in [0.05, 0.1) is 0 Å². The van der Waals surface area contributed by atoms with Gasteiger partial charge in [-0.2, -0.15) is 0 Å². The van der Waals surface area contributed by atoms with Crippen LogP contribution in [0.25, 0.3) is 6.08 Å². The van der Waals surface area contributed by atoms with Gasteiger partial charge in [-0.05, 0) is 23.8 Å². The van der Waals surface area contributed by atoms with Crippen LogP contribution in [0.4, 0.5) is 0 Å². The largest absolute Gasteiger partial charge is 0.508 e. The van der Waals surface area contributed by atoms with Crippen LogP contribution in [0.5, 0.6) is 5.75 Å². The summed E-state index contributed by atoms with van der Waals surface area (Å²) in [5, 5.41) is 26.7. The first-order valence-corrected chi connectivity index (χ1v) is 4.13. The summed E-state index contributed by atoms with van der Waals surface area (Å²) in [5.41, 5.74) is 0.279. The van der Waals surface area contributed by atoms with Crippen LogP contribution >= 0.6 is 0 Å². The number of phenolic OH excluding ortho intramolecular Hbond substituents is 1. The van der Waals surface area contributed by atoms with Gasteiger partial charge < -0.3 is 15.3 Å². The Morgan fingerprint density at radius 1 is 1.20 bits per heavy atom. The van der Waals surface area contributed by atoms with Crippen LogP contribution in [0, 0.1) is 0 Å². The fourth-order valence-electron chi connectivity index (χ4n) is 1.01. The molecule has 0 spiro atoms. The number of carboxylic acid groups (broad SMARTS) is 1. The first kappa shape index (κ1) is 10.8. The highest BCUT2D eigenvalue weighted by Crippen LogP contribution is 2.15. The fourth-order valence-corrected chi connectivity index (χ4v) is 1.01. The van der Waals surface area contributed by atoms with E-state index in [0.29, 0.717) is 5.56 Å². The molecule has 0 heterocycles. The average molecular weight is 206 g/mol. The summed E-state index contributed by atoms with van der Waals surface area (Å²) in [6.45, 7) is 3.15. The zero-order chi connectivity index (χ0) is 11.4. The molecule has 0 saturated heterocycles. The maximum Gasteiger partial charge on any atom is 0.339 e. The molecule has 0 saturated carbocycles. The molecule has 0 aliphatic rings. The molecule has 0 unspecified atom stereocenters. The first-order valence-electron chi connectivity index (χ1n) is 4.13. The van der Waals surface area contributed by atoms with Crippen molar-refractivity contribution in [3.63, 3.8) is 0 Å². The van der Waals surface area contributed by atoms with E-state index in [0.717, 1.165) is 0 Å². The van der Waals surface area contributed by atoms with Crippen molar-refractivity contribution >= 4 is 12.0 Å². The third-order valence-electron chi connectivity index (χ3n) is 1.75. The number of carbonyl (C=O) groups is 1. The van der Waals surface area contributed by atoms with Gasteiger partial charge in [0.2, 0.25) is 0 Å². The Kier molecular flexibility index (Phi) is 3.13. The van der Waals surface area contributed by atoms with Crippen LogP contribution in [0.3, 0.4) is 0 Å². The number of benzene rings is 1. The highest BCUT2D eigenvalue weighted by atomic mass is 16.4. The lowest BCUT2D eigenvalue weighted by Crippen LogP contribution is -2.02. The topological polar surface area (TPSA) is 77.8 Å². The molecule has 0 aliphatic carbocycles. The van der Waals surface area contributed by atoms with Gasteiger partial charge in [0, 0.05) is 0 Å². The molecule has 78 valence electrons. The number of hydrogen-bond donors (Lipinski definition) is 3. The molecule has 0 aliphatic heterocycles. The smallest absolute Gasteiger partial charge is 0.339 e. The fraction of sp³-hybridized carbons (Fsp3) is 0. The normalized spacial score (nSPS) is 11.1. The van der Waals surface area contributed by atoms with E-state index in [1.54, 1.807) is 0 Å². The van der Waals surface area contributed by atoms with Gasteiger partial charge in [-0.25, -0.2) is 4.79 Å². The van der Waals surface area contributed by atoms with E-state index in [9.17, 15) is 4.79 Å². The van der Waals surface area contributed by atoms with Crippen molar-refractivity contribution < 1.29 is 20.1 Å².